The van der Waals surface area contributed by atoms with Gasteiger partial charge in [-0.05, 0) is 31.0 Å². The number of hydrogen-bond acceptors (Lipinski definition) is 3. The quantitative estimate of drug-likeness (QED) is 0.813. The van der Waals surface area contributed by atoms with Gasteiger partial charge in [0.15, 0.2) is 0 Å². The molecule has 0 radical (unpaired) electrons. The van der Waals surface area contributed by atoms with E-state index in [0.29, 0.717) is 10.0 Å². The van der Waals surface area contributed by atoms with Crippen LogP contribution in [0.4, 0.5) is 0 Å². The van der Waals surface area contributed by atoms with Gasteiger partial charge in [0, 0.05) is 22.6 Å². The van der Waals surface area contributed by atoms with Crippen LogP contribution in [0.2, 0.25) is 0 Å². The third-order valence-electron chi connectivity index (χ3n) is 2.75. The second-order valence-electron chi connectivity index (χ2n) is 4.62. The molecular weight excluding hydrogens is 344 g/mol. The molecular formula is C13H15BrN2O3S. The highest BCUT2D eigenvalue weighted by atomic mass is 79.9. The van der Waals surface area contributed by atoms with Gasteiger partial charge >= 0.3 is 0 Å². The van der Waals surface area contributed by atoms with Crippen LogP contribution in [0.1, 0.15) is 23.2 Å². The molecule has 0 bridgehead atoms. The topological polar surface area (TPSA) is 75.3 Å². The highest BCUT2D eigenvalue weighted by Gasteiger charge is 2.28. The van der Waals surface area contributed by atoms with Crippen molar-refractivity contribution < 1.29 is 13.2 Å². The maximum atomic E-state index is 12.1. The van der Waals surface area contributed by atoms with E-state index in [-0.39, 0.29) is 23.4 Å². The van der Waals surface area contributed by atoms with Gasteiger partial charge in [0.25, 0.3) is 5.91 Å². The molecule has 7 heteroatoms. The summed E-state index contributed by atoms with van der Waals surface area (Å²) in [4.78, 5) is 12.0. The molecule has 0 atom stereocenters. The van der Waals surface area contributed by atoms with E-state index in [1.54, 1.807) is 12.1 Å². The van der Waals surface area contributed by atoms with E-state index < -0.39 is 10.0 Å². The lowest BCUT2D eigenvalue weighted by molar-refractivity contribution is 0.0957. The van der Waals surface area contributed by atoms with Crippen molar-refractivity contribution in [2.75, 3.05) is 6.54 Å². The van der Waals surface area contributed by atoms with Crippen LogP contribution in [0, 0.1) is 0 Å². The summed E-state index contributed by atoms with van der Waals surface area (Å²) in [5.74, 6) is -0.339. The number of sulfonamides is 1. The average Bonchev–Trinajstić information content (AvgIpc) is 3.19. The Kier molecular flexibility index (Phi) is 4.62. The van der Waals surface area contributed by atoms with Crippen molar-refractivity contribution >= 4 is 31.9 Å². The number of carbonyl (C=O) groups excluding carboxylic acids is 1. The third kappa shape index (κ3) is 4.16. The molecule has 0 aliphatic heterocycles. The SMILES string of the molecule is C=C(Br)CNC(=O)c1cccc(S(=O)(=O)NC2CC2)c1. The Morgan fingerprint density at radius 1 is 1.40 bits per heavy atom. The predicted molar refractivity (Wildman–Crippen MR) is 80.2 cm³/mol. The first kappa shape index (κ1) is 15.2. The zero-order valence-corrected chi connectivity index (χ0v) is 13.1. The Hall–Kier alpha value is -1.18. The fraction of sp³-hybridized carbons (Fsp3) is 0.308. The van der Waals surface area contributed by atoms with Crippen LogP contribution in [0.5, 0.6) is 0 Å². The lowest BCUT2D eigenvalue weighted by atomic mass is 10.2. The summed E-state index contributed by atoms with van der Waals surface area (Å²) in [6, 6.07) is 6.01. The highest BCUT2D eigenvalue weighted by Crippen LogP contribution is 2.22. The van der Waals surface area contributed by atoms with Gasteiger partial charge in [-0.25, -0.2) is 13.1 Å². The second kappa shape index (κ2) is 6.07. The molecule has 5 nitrogen and oxygen atoms in total. The summed E-state index contributed by atoms with van der Waals surface area (Å²) in [5, 5.41) is 2.63. The van der Waals surface area contributed by atoms with Crippen LogP contribution < -0.4 is 10.0 Å². The Balaban J connectivity index is 2.14. The molecule has 2 rings (SSSR count). The molecule has 1 aliphatic carbocycles. The fourth-order valence-corrected chi connectivity index (χ4v) is 3.06. The number of rotatable bonds is 6. The fourth-order valence-electron chi connectivity index (χ4n) is 1.57. The van der Waals surface area contributed by atoms with Gasteiger partial charge in [0.05, 0.1) is 4.90 Å². The van der Waals surface area contributed by atoms with Crippen molar-refractivity contribution in [3.8, 4) is 0 Å². The third-order valence-corrected chi connectivity index (χ3v) is 4.54. The lowest BCUT2D eigenvalue weighted by Gasteiger charge is -2.08. The zero-order valence-electron chi connectivity index (χ0n) is 10.7. The molecule has 0 spiro atoms. The number of hydrogen-bond donors (Lipinski definition) is 2. The smallest absolute Gasteiger partial charge is 0.251 e. The van der Waals surface area contributed by atoms with Gasteiger partial charge < -0.3 is 5.32 Å². The van der Waals surface area contributed by atoms with Gasteiger partial charge in [-0.2, -0.15) is 0 Å². The Morgan fingerprint density at radius 2 is 2.10 bits per heavy atom. The summed E-state index contributed by atoms with van der Waals surface area (Å²) in [7, 11) is -3.54. The normalized spacial score (nSPS) is 14.8. The summed E-state index contributed by atoms with van der Waals surface area (Å²) < 4.78 is 27.3. The maximum absolute atomic E-state index is 12.1. The molecule has 2 N–H and O–H groups in total. The van der Waals surface area contributed by atoms with Gasteiger partial charge in [-0.1, -0.05) is 28.6 Å². The van der Waals surface area contributed by atoms with Crippen LogP contribution in [-0.2, 0) is 10.0 Å². The standard InChI is InChI=1S/C13H15BrN2O3S/c1-9(14)8-15-13(17)10-3-2-4-12(7-10)20(18,19)16-11-5-6-11/h2-4,7,11,16H,1,5-6,8H2,(H,15,17). The van der Waals surface area contributed by atoms with Crippen LogP contribution >= 0.6 is 15.9 Å². The van der Waals surface area contributed by atoms with Gasteiger partial charge in [-0.3, -0.25) is 4.79 Å². The van der Waals surface area contributed by atoms with Crippen molar-refractivity contribution in [3.05, 3.63) is 40.9 Å². The van der Waals surface area contributed by atoms with Crippen molar-refractivity contribution in [3.63, 3.8) is 0 Å². The molecule has 1 aromatic carbocycles. The molecule has 1 fully saturated rings. The van der Waals surface area contributed by atoms with Gasteiger partial charge in [-0.15, -0.1) is 0 Å². The van der Waals surface area contributed by atoms with Crippen molar-refractivity contribution in [2.45, 2.75) is 23.8 Å². The molecule has 20 heavy (non-hydrogen) atoms. The van der Waals surface area contributed by atoms with E-state index in [0.717, 1.165) is 12.8 Å². The summed E-state index contributed by atoms with van der Waals surface area (Å²) in [6.07, 6.45) is 1.74. The Bertz CT molecular complexity index is 639. The predicted octanol–water partition coefficient (Wildman–Crippen LogP) is 1.77. The molecule has 108 valence electrons. The maximum Gasteiger partial charge on any atom is 0.251 e. The summed E-state index contributed by atoms with van der Waals surface area (Å²) in [6.45, 7) is 3.90. The number of benzene rings is 1. The number of carbonyl (C=O) groups is 1. The molecule has 0 saturated heterocycles. The van der Waals surface area contributed by atoms with Crippen molar-refractivity contribution in [1.29, 1.82) is 0 Å². The number of nitrogens with one attached hydrogen (secondary N) is 2. The Labute approximate surface area is 126 Å². The minimum Gasteiger partial charge on any atom is -0.347 e. The number of amides is 1. The molecule has 0 heterocycles. The molecule has 1 aromatic rings. The van der Waals surface area contributed by atoms with Crippen molar-refractivity contribution in [2.24, 2.45) is 0 Å². The van der Waals surface area contributed by atoms with Crippen molar-refractivity contribution in [1.82, 2.24) is 10.0 Å². The second-order valence-corrected chi connectivity index (χ2v) is 7.46. The van der Waals surface area contributed by atoms with Crippen LogP contribution in [0.15, 0.2) is 40.2 Å². The van der Waals surface area contributed by atoms with E-state index >= 15 is 0 Å². The van der Waals surface area contributed by atoms with E-state index in [9.17, 15) is 13.2 Å². The largest absolute Gasteiger partial charge is 0.347 e. The molecule has 0 unspecified atom stereocenters. The lowest BCUT2D eigenvalue weighted by Crippen LogP contribution is -2.27. The van der Waals surface area contributed by atoms with E-state index in [1.807, 2.05) is 0 Å². The van der Waals surface area contributed by atoms with Crippen LogP contribution in [0.25, 0.3) is 0 Å². The molecule has 1 aliphatic rings. The summed E-state index contributed by atoms with van der Waals surface area (Å²) in [5.41, 5.74) is 0.303. The Morgan fingerprint density at radius 3 is 2.70 bits per heavy atom. The molecule has 1 saturated carbocycles. The van der Waals surface area contributed by atoms with Crippen LogP contribution in [-0.4, -0.2) is 26.9 Å². The van der Waals surface area contributed by atoms with Gasteiger partial charge in [0.1, 0.15) is 0 Å². The molecule has 1 amide bonds. The van der Waals surface area contributed by atoms with Crippen LogP contribution in [0.3, 0.4) is 0 Å². The monoisotopic (exact) mass is 358 g/mol. The van der Waals surface area contributed by atoms with E-state index in [2.05, 4.69) is 32.5 Å². The highest BCUT2D eigenvalue weighted by molar-refractivity contribution is 9.11. The first-order chi connectivity index (χ1) is 9.38. The van der Waals surface area contributed by atoms with Gasteiger partial charge in [0.2, 0.25) is 10.0 Å². The number of halogens is 1. The summed E-state index contributed by atoms with van der Waals surface area (Å²) >= 11 is 3.14. The average molecular weight is 359 g/mol. The first-order valence-corrected chi connectivity index (χ1v) is 8.40. The van der Waals surface area contributed by atoms with E-state index in [4.69, 9.17) is 0 Å². The minimum atomic E-state index is -3.54. The first-order valence-electron chi connectivity index (χ1n) is 6.12. The minimum absolute atomic E-state index is 0.0363. The zero-order chi connectivity index (χ0) is 14.8. The van der Waals surface area contributed by atoms with E-state index in [1.165, 1.54) is 12.1 Å². The molecule has 0 aromatic heterocycles.